The number of nitrogens with zero attached hydrogens (tertiary/aromatic N) is 3. The van der Waals surface area contributed by atoms with E-state index in [1.54, 1.807) is 10.8 Å². The molecule has 31 heavy (non-hydrogen) atoms. The summed E-state index contributed by atoms with van der Waals surface area (Å²) in [5, 5.41) is 16.8. The maximum absolute atomic E-state index is 13.9. The molecule has 158 valence electrons. The highest BCUT2D eigenvalue weighted by molar-refractivity contribution is 6.31. The third-order valence-electron chi connectivity index (χ3n) is 4.81. The molecule has 1 N–H and O–H groups in total. The maximum atomic E-state index is 13.9. The molecule has 1 amide bonds. The number of nitrogens with one attached hydrogen (secondary N) is 1. The van der Waals surface area contributed by atoms with Crippen LogP contribution in [-0.2, 0) is 11.3 Å². The molecule has 0 aliphatic carbocycles. The summed E-state index contributed by atoms with van der Waals surface area (Å²) in [5.74, 6) is -2.25. The minimum atomic E-state index is -1.25. The van der Waals surface area contributed by atoms with Crippen molar-refractivity contribution in [3.05, 3.63) is 93.3 Å². The average Bonchev–Trinajstić information content (AvgIpc) is 2.99. The second kappa shape index (κ2) is 9.54. The Kier molecular flexibility index (Phi) is 6.83. The first-order valence-corrected chi connectivity index (χ1v) is 9.78. The number of hydrogen-bond donors (Lipinski definition) is 1. The second-order valence-electron chi connectivity index (χ2n) is 6.90. The molecule has 2 aromatic carbocycles. The van der Waals surface area contributed by atoms with Crippen LogP contribution in [0.1, 0.15) is 34.1 Å². The summed E-state index contributed by atoms with van der Waals surface area (Å²) >= 11 is 6.23. The Hall–Kier alpha value is -3.50. The lowest BCUT2D eigenvalue weighted by atomic mass is 10.1. The van der Waals surface area contributed by atoms with Gasteiger partial charge in [0.15, 0.2) is 0 Å². The van der Waals surface area contributed by atoms with Crippen molar-refractivity contribution < 1.29 is 13.6 Å². The number of halogens is 3. The molecular weight excluding hydrogens is 422 g/mol. The third kappa shape index (κ3) is 5.16. The van der Waals surface area contributed by atoms with Crippen LogP contribution in [0.5, 0.6) is 0 Å². The van der Waals surface area contributed by atoms with Crippen LogP contribution in [0, 0.1) is 36.8 Å². The van der Waals surface area contributed by atoms with Gasteiger partial charge in [0.25, 0.3) is 0 Å². The van der Waals surface area contributed by atoms with Gasteiger partial charge >= 0.3 is 0 Å². The normalized spacial score (nSPS) is 12.0. The molecule has 1 unspecified atom stereocenters. The summed E-state index contributed by atoms with van der Waals surface area (Å²) in [7, 11) is 0. The molecule has 1 atom stereocenters. The fraction of sp³-hybridized carbons (Fsp3) is 0.174. The van der Waals surface area contributed by atoms with Crippen molar-refractivity contribution in [2.75, 3.05) is 0 Å². The molecule has 1 aromatic heterocycles. The van der Waals surface area contributed by atoms with Gasteiger partial charge in [-0.15, -0.1) is 0 Å². The molecule has 3 aromatic rings. The van der Waals surface area contributed by atoms with E-state index in [4.69, 9.17) is 11.6 Å². The smallest absolute Gasteiger partial charge is 0.245 e. The van der Waals surface area contributed by atoms with Crippen LogP contribution in [0.2, 0.25) is 5.02 Å². The Balaban J connectivity index is 1.75. The topological polar surface area (TPSA) is 70.7 Å². The largest absolute Gasteiger partial charge is 0.333 e. The van der Waals surface area contributed by atoms with E-state index in [1.165, 1.54) is 6.08 Å². The van der Waals surface area contributed by atoms with Crippen molar-refractivity contribution in [3.8, 4) is 6.07 Å². The van der Waals surface area contributed by atoms with Gasteiger partial charge in [0.2, 0.25) is 5.91 Å². The van der Waals surface area contributed by atoms with Gasteiger partial charge in [-0.25, -0.2) is 8.78 Å². The average molecular weight is 441 g/mol. The molecule has 0 bridgehead atoms. The maximum Gasteiger partial charge on any atom is 0.245 e. The van der Waals surface area contributed by atoms with Crippen LogP contribution in [0.25, 0.3) is 6.08 Å². The zero-order valence-corrected chi connectivity index (χ0v) is 17.6. The molecule has 0 saturated carbocycles. The Morgan fingerprint density at radius 2 is 2.03 bits per heavy atom. The molecule has 0 aliphatic heterocycles. The Morgan fingerprint density at radius 3 is 2.71 bits per heavy atom. The van der Waals surface area contributed by atoms with E-state index in [2.05, 4.69) is 10.4 Å². The Morgan fingerprint density at radius 1 is 1.29 bits per heavy atom. The van der Waals surface area contributed by atoms with Crippen LogP contribution in [0.4, 0.5) is 8.78 Å². The van der Waals surface area contributed by atoms with Crippen molar-refractivity contribution in [3.63, 3.8) is 0 Å². The van der Waals surface area contributed by atoms with Gasteiger partial charge in [-0.2, -0.15) is 10.4 Å². The number of amides is 1. The standard InChI is InChI=1S/C23H19ClF2N4O/c1-14-18(15(2)30(29-14)13-16-5-3-4-6-20(16)24)9-10-23(31)28-22(12-27)19-8-7-17(25)11-21(19)26/h3-11,22H,13H2,1-2H3,(H,28,31)/b10-9+. The monoisotopic (exact) mass is 440 g/mol. The zero-order chi connectivity index (χ0) is 22.5. The number of hydrogen-bond acceptors (Lipinski definition) is 3. The van der Waals surface area contributed by atoms with Gasteiger partial charge < -0.3 is 5.32 Å². The van der Waals surface area contributed by atoms with E-state index in [1.807, 2.05) is 44.2 Å². The van der Waals surface area contributed by atoms with E-state index in [0.717, 1.165) is 34.6 Å². The van der Waals surface area contributed by atoms with Crippen molar-refractivity contribution >= 4 is 23.6 Å². The Labute approximate surface area is 183 Å². The number of aryl methyl sites for hydroxylation is 1. The molecule has 5 nitrogen and oxygen atoms in total. The summed E-state index contributed by atoms with van der Waals surface area (Å²) in [6.45, 7) is 4.17. The first-order valence-electron chi connectivity index (χ1n) is 9.40. The van der Waals surface area contributed by atoms with Gasteiger partial charge in [-0.1, -0.05) is 35.9 Å². The van der Waals surface area contributed by atoms with Crippen LogP contribution >= 0.6 is 11.6 Å². The molecule has 1 heterocycles. The van der Waals surface area contributed by atoms with Crippen LogP contribution in [-0.4, -0.2) is 15.7 Å². The third-order valence-corrected chi connectivity index (χ3v) is 5.17. The highest BCUT2D eigenvalue weighted by Crippen LogP contribution is 2.21. The van der Waals surface area contributed by atoms with Gasteiger partial charge in [-0.3, -0.25) is 9.48 Å². The van der Waals surface area contributed by atoms with E-state index in [9.17, 15) is 18.8 Å². The summed E-state index contributed by atoms with van der Waals surface area (Å²) in [6.07, 6.45) is 2.84. The molecule has 0 fully saturated rings. The fourth-order valence-electron chi connectivity index (χ4n) is 3.16. The molecular formula is C23H19ClF2N4O. The lowest BCUT2D eigenvalue weighted by molar-refractivity contribution is -0.116. The van der Waals surface area contributed by atoms with E-state index >= 15 is 0 Å². The molecule has 3 rings (SSSR count). The minimum Gasteiger partial charge on any atom is -0.333 e. The van der Waals surface area contributed by atoms with Gasteiger partial charge in [0.05, 0.1) is 18.3 Å². The molecule has 0 radical (unpaired) electrons. The fourth-order valence-corrected chi connectivity index (χ4v) is 3.35. The van der Waals surface area contributed by atoms with Crippen LogP contribution in [0.3, 0.4) is 0 Å². The summed E-state index contributed by atoms with van der Waals surface area (Å²) in [5.41, 5.74) is 3.12. The number of carbonyl (C=O) groups is 1. The quantitative estimate of drug-likeness (QED) is 0.555. The van der Waals surface area contributed by atoms with Crippen LogP contribution in [0.15, 0.2) is 48.5 Å². The number of carbonyl (C=O) groups excluding carboxylic acids is 1. The highest BCUT2D eigenvalue weighted by Gasteiger charge is 2.18. The van der Waals surface area contributed by atoms with Crippen molar-refractivity contribution in [2.24, 2.45) is 0 Å². The lowest BCUT2D eigenvalue weighted by Gasteiger charge is -2.11. The number of benzene rings is 2. The summed E-state index contributed by atoms with van der Waals surface area (Å²) < 4.78 is 28.8. The lowest BCUT2D eigenvalue weighted by Crippen LogP contribution is -2.26. The van der Waals surface area contributed by atoms with Gasteiger partial charge in [-0.05, 0) is 37.6 Å². The number of rotatable bonds is 6. The minimum absolute atomic E-state index is 0.106. The van der Waals surface area contributed by atoms with E-state index in [-0.39, 0.29) is 5.56 Å². The van der Waals surface area contributed by atoms with Crippen molar-refractivity contribution in [1.29, 1.82) is 5.26 Å². The zero-order valence-electron chi connectivity index (χ0n) is 16.9. The molecule has 0 spiro atoms. The van der Waals surface area contributed by atoms with Crippen LogP contribution < -0.4 is 5.32 Å². The highest BCUT2D eigenvalue weighted by atomic mass is 35.5. The van der Waals surface area contributed by atoms with E-state index < -0.39 is 23.6 Å². The molecule has 0 aliphatic rings. The predicted octanol–water partition coefficient (Wildman–Crippen LogP) is 4.87. The molecule has 0 saturated heterocycles. The second-order valence-corrected chi connectivity index (χ2v) is 7.31. The first-order chi connectivity index (χ1) is 14.8. The predicted molar refractivity (Wildman–Crippen MR) is 114 cm³/mol. The number of aromatic nitrogens is 2. The summed E-state index contributed by atoms with van der Waals surface area (Å²) in [6, 6.07) is 10.9. The summed E-state index contributed by atoms with van der Waals surface area (Å²) in [4.78, 5) is 12.3. The van der Waals surface area contributed by atoms with Gasteiger partial charge in [0, 0.05) is 34.0 Å². The Bertz CT molecular complexity index is 1200. The van der Waals surface area contributed by atoms with Crippen molar-refractivity contribution in [2.45, 2.75) is 26.4 Å². The molecule has 8 heteroatoms. The SMILES string of the molecule is Cc1nn(Cc2ccccc2Cl)c(C)c1/C=C/C(=O)NC(C#N)c1ccc(F)cc1F. The number of nitriles is 1. The first kappa shape index (κ1) is 22.2. The van der Waals surface area contributed by atoms with Gasteiger partial charge in [0.1, 0.15) is 17.7 Å². The van der Waals surface area contributed by atoms with Crippen molar-refractivity contribution in [1.82, 2.24) is 15.1 Å². The van der Waals surface area contributed by atoms with E-state index in [0.29, 0.717) is 17.6 Å².